The topological polar surface area (TPSA) is 49.3 Å². The van der Waals surface area contributed by atoms with E-state index in [0.29, 0.717) is 12.0 Å². The van der Waals surface area contributed by atoms with Gasteiger partial charge in [0.2, 0.25) is 5.91 Å². The van der Waals surface area contributed by atoms with Crippen molar-refractivity contribution in [3.05, 3.63) is 35.6 Å². The molecule has 0 saturated heterocycles. The third-order valence-electron chi connectivity index (χ3n) is 2.79. The van der Waals surface area contributed by atoms with Crippen LogP contribution < -0.4 is 5.32 Å². The highest BCUT2D eigenvalue weighted by Gasteiger charge is 2.25. The summed E-state index contributed by atoms with van der Waals surface area (Å²) in [5, 5.41) is 13.0. The third kappa shape index (κ3) is 5.39. The van der Waals surface area contributed by atoms with E-state index in [1.165, 1.54) is 24.3 Å². The number of nitrogens with one attached hydrogen (secondary N) is 1. The van der Waals surface area contributed by atoms with Crippen molar-refractivity contribution in [2.24, 2.45) is 5.41 Å². The number of benzene rings is 1. The summed E-state index contributed by atoms with van der Waals surface area (Å²) < 4.78 is 12.8. The number of hydrogen-bond acceptors (Lipinski definition) is 2. The molecule has 19 heavy (non-hydrogen) atoms. The molecule has 0 heterocycles. The molecular formula is C15H22FNO2. The van der Waals surface area contributed by atoms with Crippen molar-refractivity contribution >= 4 is 5.91 Å². The first-order valence-corrected chi connectivity index (χ1v) is 6.35. The van der Waals surface area contributed by atoms with Gasteiger partial charge in [0.15, 0.2) is 0 Å². The van der Waals surface area contributed by atoms with Crippen LogP contribution in [0.1, 0.15) is 39.7 Å². The lowest BCUT2D eigenvalue weighted by Crippen LogP contribution is -2.39. The van der Waals surface area contributed by atoms with E-state index in [9.17, 15) is 14.3 Å². The molecule has 1 aromatic rings. The maximum atomic E-state index is 12.8. The van der Waals surface area contributed by atoms with Crippen LogP contribution in [0.5, 0.6) is 0 Å². The zero-order chi connectivity index (χ0) is 14.7. The van der Waals surface area contributed by atoms with Gasteiger partial charge in [-0.2, -0.15) is 0 Å². The molecule has 0 aromatic heterocycles. The van der Waals surface area contributed by atoms with Gasteiger partial charge in [0.05, 0.1) is 6.54 Å². The highest BCUT2D eigenvalue weighted by molar-refractivity contribution is 5.76. The molecule has 0 fully saturated rings. The Labute approximate surface area is 113 Å². The van der Waals surface area contributed by atoms with Gasteiger partial charge in [0.25, 0.3) is 0 Å². The number of hydrogen-bond donors (Lipinski definition) is 2. The van der Waals surface area contributed by atoms with Crippen LogP contribution in [0.25, 0.3) is 0 Å². The zero-order valence-corrected chi connectivity index (χ0v) is 12.0. The highest BCUT2D eigenvalue weighted by Crippen LogP contribution is 2.21. The van der Waals surface area contributed by atoms with Crippen LogP contribution in [0.2, 0.25) is 0 Å². The fourth-order valence-electron chi connectivity index (χ4n) is 1.73. The van der Waals surface area contributed by atoms with Gasteiger partial charge in [-0.25, -0.2) is 4.39 Å². The van der Waals surface area contributed by atoms with Crippen LogP contribution in [0, 0.1) is 11.2 Å². The summed E-state index contributed by atoms with van der Waals surface area (Å²) in [6.45, 7) is 7.63. The summed E-state index contributed by atoms with van der Waals surface area (Å²) in [7, 11) is 0. The first kappa shape index (κ1) is 15.6. The fourth-order valence-corrected chi connectivity index (χ4v) is 1.73. The molecule has 4 heteroatoms. The Hall–Kier alpha value is -1.42. The second-order valence-electron chi connectivity index (χ2n) is 6.29. The lowest BCUT2D eigenvalue weighted by Gasteiger charge is -2.25. The van der Waals surface area contributed by atoms with Gasteiger partial charge in [0, 0.05) is 6.42 Å². The number of carbonyl (C=O) groups excluding carboxylic acids is 1. The Morgan fingerprint density at radius 1 is 1.21 bits per heavy atom. The van der Waals surface area contributed by atoms with Gasteiger partial charge in [-0.05, 0) is 30.0 Å². The van der Waals surface area contributed by atoms with Gasteiger partial charge in [-0.3, -0.25) is 4.79 Å². The molecule has 0 aliphatic heterocycles. The largest absolute Gasteiger partial charge is 0.384 e. The minimum Gasteiger partial charge on any atom is -0.384 e. The van der Waals surface area contributed by atoms with Crippen molar-refractivity contribution < 1.29 is 14.3 Å². The molecule has 0 spiro atoms. The van der Waals surface area contributed by atoms with E-state index in [-0.39, 0.29) is 23.7 Å². The molecule has 1 atom stereocenters. The second kappa shape index (κ2) is 5.70. The minimum absolute atomic E-state index is 0.0915. The van der Waals surface area contributed by atoms with E-state index < -0.39 is 5.60 Å². The molecule has 1 unspecified atom stereocenters. The smallest absolute Gasteiger partial charge is 0.220 e. The van der Waals surface area contributed by atoms with Crippen LogP contribution in [0.3, 0.4) is 0 Å². The molecule has 3 nitrogen and oxygen atoms in total. The van der Waals surface area contributed by atoms with E-state index in [0.717, 1.165) is 0 Å². The SMILES string of the molecule is CC(C)(C)CC(=O)NCC(C)(O)c1ccc(F)cc1. The molecule has 0 bridgehead atoms. The molecule has 0 aliphatic carbocycles. The van der Waals surface area contributed by atoms with Crippen LogP contribution in [0.4, 0.5) is 4.39 Å². The van der Waals surface area contributed by atoms with Gasteiger partial charge in [-0.1, -0.05) is 32.9 Å². The predicted octanol–water partition coefficient (Wildman–Crippen LogP) is 2.59. The van der Waals surface area contributed by atoms with E-state index in [2.05, 4.69) is 5.32 Å². The van der Waals surface area contributed by atoms with Crippen LogP contribution in [-0.4, -0.2) is 17.6 Å². The standard InChI is InChI=1S/C15H22FNO2/c1-14(2,3)9-13(18)17-10-15(4,19)11-5-7-12(16)8-6-11/h5-8,19H,9-10H2,1-4H3,(H,17,18). The minimum atomic E-state index is -1.21. The van der Waals surface area contributed by atoms with E-state index in [4.69, 9.17) is 0 Å². The Balaban J connectivity index is 2.60. The van der Waals surface area contributed by atoms with Gasteiger partial charge < -0.3 is 10.4 Å². The van der Waals surface area contributed by atoms with E-state index in [1.807, 2.05) is 20.8 Å². The number of amides is 1. The maximum Gasteiger partial charge on any atom is 0.220 e. The third-order valence-corrected chi connectivity index (χ3v) is 2.79. The van der Waals surface area contributed by atoms with E-state index in [1.54, 1.807) is 6.92 Å². The Morgan fingerprint density at radius 2 is 1.74 bits per heavy atom. The van der Waals surface area contributed by atoms with Crippen LogP contribution >= 0.6 is 0 Å². The highest BCUT2D eigenvalue weighted by atomic mass is 19.1. The van der Waals surface area contributed by atoms with Crippen LogP contribution in [-0.2, 0) is 10.4 Å². The molecule has 0 radical (unpaired) electrons. The fraction of sp³-hybridized carbons (Fsp3) is 0.533. The maximum absolute atomic E-state index is 12.8. The van der Waals surface area contributed by atoms with Crippen molar-refractivity contribution in [3.8, 4) is 0 Å². The number of aliphatic hydroxyl groups is 1. The number of rotatable bonds is 4. The summed E-state index contributed by atoms with van der Waals surface area (Å²) in [6.07, 6.45) is 0.395. The molecule has 1 amide bonds. The summed E-state index contributed by atoms with van der Waals surface area (Å²) >= 11 is 0. The Bertz CT molecular complexity index is 432. The van der Waals surface area contributed by atoms with Gasteiger partial charge in [0.1, 0.15) is 11.4 Å². The summed E-state index contributed by atoms with van der Waals surface area (Å²) in [5.74, 6) is -0.453. The number of halogens is 1. The summed E-state index contributed by atoms with van der Waals surface area (Å²) in [4.78, 5) is 11.7. The molecule has 0 aliphatic rings. The van der Waals surface area contributed by atoms with Crippen molar-refractivity contribution in [1.29, 1.82) is 0 Å². The molecule has 2 N–H and O–H groups in total. The average Bonchev–Trinajstić information content (AvgIpc) is 2.25. The van der Waals surface area contributed by atoms with E-state index >= 15 is 0 Å². The zero-order valence-electron chi connectivity index (χ0n) is 12.0. The Kier molecular flexibility index (Phi) is 4.69. The van der Waals surface area contributed by atoms with Gasteiger partial charge >= 0.3 is 0 Å². The van der Waals surface area contributed by atoms with Crippen molar-refractivity contribution in [2.75, 3.05) is 6.54 Å². The quantitative estimate of drug-likeness (QED) is 0.881. The van der Waals surface area contributed by atoms with Crippen LogP contribution in [0.15, 0.2) is 24.3 Å². The van der Waals surface area contributed by atoms with Crippen molar-refractivity contribution in [1.82, 2.24) is 5.32 Å². The average molecular weight is 267 g/mol. The molecule has 1 rings (SSSR count). The van der Waals surface area contributed by atoms with Gasteiger partial charge in [-0.15, -0.1) is 0 Å². The predicted molar refractivity (Wildman–Crippen MR) is 73.1 cm³/mol. The second-order valence-corrected chi connectivity index (χ2v) is 6.29. The first-order valence-electron chi connectivity index (χ1n) is 6.35. The number of carbonyl (C=O) groups is 1. The first-order chi connectivity index (χ1) is 8.60. The summed E-state index contributed by atoms with van der Waals surface area (Å²) in [5.41, 5.74) is -0.725. The lowest BCUT2D eigenvalue weighted by atomic mass is 9.91. The monoisotopic (exact) mass is 267 g/mol. The Morgan fingerprint density at radius 3 is 2.21 bits per heavy atom. The molecular weight excluding hydrogens is 245 g/mol. The molecule has 0 saturated carbocycles. The van der Waals surface area contributed by atoms with Crippen molar-refractivity contribution in [3.63, 3.8) is 0 Å². The molecule has 1 aromatic carbocycles. The summed E-state index contributed by atoms with van der Waals surface area (Å²) in [6, 6.07) is 5.62. The lowest BCUT2D eigenvalue weighted by molar-refractivity contribution is -0.124. The van der Waals surface area contributed by atoms with Crippen molar-refractivity contribution in [2.45, 2.75) is 39.7 Å². The normalized spacial score (nSPS) is 14.8. The molecule has 106 valence electrons.